The number of carbonyl (C=O) groups excluding carboxylic acids is 1. The molecule has 1 spiro atoms. The highest BCUT2D eigenvalue weighted by Crippen LogP contribution is 2.32. The molecule has 2 aliphatic rings. The van der Waals surface area contributed by atoms with Gasteiger partial charge in [0.25, 0.3) is 0 Å². The van der Waals surface area contributed by atoms with E-state index in [9.17, 15) is 13.6 Å². The monoisotopic (exact) mass is 338 g/mol. The van der Waals surface area contributed by atoms with E-state index in [0.717, 1.165) is 18.9 Å². The third kappa shape index (κ3) is 3.44. The first-order chi connectivity index (χ1) is 11.5. The van der Waals surface area contributed by atoms with Crippen LogP contribution in [0.15, 0.2) is 18.2 Å². The summed E-state index contributed by atoms with van der Waals surface area (Å²) in [6, 6.07) is 3.69. The van der Waals surface area contributed by atoms with Gasteiger partial charge in [-0.2, -0.15) is 0 Å². The second kappa shape index (κ2) is 7.15. The Labute approximate surface area is 141 Å². The van der Waals surface area contributed by atoms with Crippen LogP contribution in [0, 0.1) is 11.6 Å². The van der Waals surface area contributed by atoms with Crippen LogP contribution in [0.1, 0.15) is 31.7 Å². The predicted octanol–water partition coefficient (Wildman–Crippen LogP) is 2.57. The number of benzene rings is 1. The number of rotatable bonds is 3. The average molecular weight is 338 g/mol. The van der Waals surface area contributed by atoms with Crippen molar-refractivity contribution in [1.82, 2.24) is 9.80 Å². The maximum atomic E-state index is 14.0. The third-order valence-corrected chi connectivity index (χ3v) is 5.18. The zero-order valence-electron chi connectivity index (χ0n) is 14.1. The molecule has 132 valence electrons. The first-order valence-corrected chi connectivity index (χ1v) is 8.58. The van der Waals surface area contributed by atoms with Crippen molar-refractivity contribution in [3.05, 3.63) is 35.4 Å². The van der Waals surface area contributed by atoms with Crippen molar-refractivity contribution in [2.24, 2.45) is 0 Å². The number of hydrogen-bond acceptors (Lipinski definition) is 3. The first kappa shape index (κ1) is 17.3. The Bertz CT molecular complexity index is 603. The maximum Gasteiger partial charge on any atom is 0.224 e. The van der Waals surface area contributed by atoms with E-state index in [1.165, 1.54) is 12.1 Å². The Morgan fingerprint density at radius 1 is 1.25 bits per heavy atom. The topological polar surface area (TPSA) is 32.8 Å². The summed E-state index contributed by atoms with van der Waals surface area (Å²) in [5.74, 6) is -0.944. The van der Waals surface area contributed by atoms with Gasteiger partial charge < -0.3 is 9.64 Å². The molecule has 0 aromatic heterocycles. The van der Waals surface area contributed by atoms with Crippen molar-refractivity contribution in [1.29, 1.82) is 0 Å². The van der Waals surface area contributed by atoms with Crippen LogP contribution < -0.4 is 0 Å². The molecule has 0 N–H and O–H groups in total. The molecule has 2 saturated heterocycles. The Kier molecular flexibility index (Phi) is 5.15. The second-order valence-electron chi connectivity index (χ2n) is 6.67. The zero-order valence-corrected chi connectivity index (χ0v) is 14.1. The molecular formula is C18H24F2N2O2. The van der Waals surface area contributed by atoms with Crippen molar-refractivity contribution < 1.29 is 18.3 Å². The van der Waals surface area contributed by atoms with Gasteiger partial charge in [-0.25, -0.2) is 8.78 Å². The second-order valence-corrected chi connectivity index (χ2v) is 6.67. The molecular weight excluding hydrogens is 314 g/mol. The number of halogens is 2. The van der Waals surface area contributed by atoms with Gasteiger partial charge in [-0.1, -0.05) is 6.07 Å². The van der Waals surface area contributed by atoms with Crippen molar-refractivity contribution in [2.45, 2.75) is 38.3 Å². The van der Waals surface area contributed by atoms with Crippen molar-refractivity contribution in [3.8, 4) is 0 Å². The van der Waals surface area contributed by atoms with Gasteiger partial charge in [0.15, 0.2) is 0 Å². The van der Waals surface area contributed by atoms with Gasteiger partial charge in [-0.05, 0) is 25.8 Å². The Morgan fingerprint density at radius 2 is 2.00 bits per heavy atom. The lowest BCUT2D eigenvalue weighted by atomic mass is 9.87. The number of carbonyl (C=O) groups is 1. The minimum atomic E-state index is -0.569. The summed E-state index contributed by atoms with van der Waals surface area (Å²) in [5.41, 5.74) is 0.230. The molecule has 0 aliphatic carbocycles. The van der Waals surface area contributed by atoms with Crippen LogP contribution in [0.5, 0.6) is 0 Å². The molecule has 24 heavy (non-hydrogen) atoms. The Hall–Kier alpha value is -1.53. The number of hydrogen-bond donors (Lipinski definition) is 0. The van der Waals surface area contributed by atoms with Crippen LogP contribution in [0.25, 0.3) is 0 Å². The molecule has 3 rings (SSSR count). The van der Waals surface area contributed by atoms with Crippen LogP contribution in [0.4, 0.5) is 8.78 Å². The minimum absolute atomic E-state index is 0.154. The van der Waals surface area contributed by atoms with Gasteiger partial charge in [-0.3, -0.25) is 9.69 Å². The van der Waals surface area contributed by atoms with Gasteiger partial charge in [-0.15, -0.1) is 0 Å². The molecule has 1 aromatic rings. The minimum Gasteiger partial charge on any atom is -0.381 e. The lowest BCUT2D eigenvalue weighted by molar-refractivity contribution is -0.140. The molecule has 0 radical (unpaired) electrons. The molecule has 0 saturated carbocycles. The van der Waals surface area contributed by atoms with Crippen molar-refractivity contribution >= 4 is 5.91 Å². The van der Waals surface area contributed by atoms with E-state index >= 15 is 0 Å². The SMILES string of the molecule is CCN1C(=O)CCN(Cc2ccc(F)cc2F)CC12CCOCC2. The number of likely N-dealkylation sites (N-methyl/N-ethyl adjacent to an activating group) is 1. The standard InChI is InChI=1S/C18H24F2N2O2/c1-2-22-17(23)5-8-21(13-18(22)6-9-24-10-7-18)12-14-3-4-15(19)11-16(14)20/h3-4,11H,2,5-10,12-13H2,1H3. The fourth-order valence-corrected chi connectivity index (χ4v) is 3.95. The van der Waals surface area contributed by atoms with E-state index in [-0.39, 0.29) is 11.4 Å². The molecule has 2 heterocycles. The summed E-state index contributed by atoms with van der Waals surface area (Å²) in [4.78, 5) is 16.7. The van der Waals surface area contributed by atoms with E-state index < -0.39 is 11.6 Å². The number of amides is 1. The summed E-state index contributed by atoms with van der Waals surface area (Å²) >= 11 is 0. The fraction of sp³-hybridized carbons (Fsp3) is 0.611. The van der Waals surface area contributed by atoms with Gasteiger partial charge in [0.2, 0.25) is 5.91 Å². The molecule has 1 amide bonds. The quantitative estimate of drug-likeness (QED) is 0.849. The summed E-state index contributed by atoms with van der Waals surface area (Å²) in [6.07, 6.45) is 2.03. The molecule has 0 unspecified atom stereocenters. The molecule has 1 aromatic carbocycles. The van der Waals surface area contributed by atoms with Crippen LogP contribution in [-0.2, 0) is 16.1 Å². The maximum absolute atomic E-state index is 14.0. The van der Waals surface area contributed by atoms with Crippen LogP contribution in [-0.4, -0.2) is 54.1 Å². The van der Waals surface area contributed by atoms with Gasteiger partial charge in [0.05, 0.1) is 5.54 Å². The third-order valence-electron chi connectivity index (χ3n) is 5.18. The number of nitrogens with zero attached hydrogens (tertiary/aromatic N) is 2. The van der Waals surface area contributed by atoms with Crippen LogP contribution in [0.2, 0.25) is 0 Å². The van der Waals surface area contributed by atoms with Crippen molar-refractivity contribution in [2.75, 3.05) is 32.8 Å². The number of ether oxygens (including phenoxy) is 1. The van der Waals surface area contributed by atoms with Crippen LogP contribution in [0.3, 0.4) is 0 Å². The molecule has 4 nitrogen and oxygen atoms in total. The highest BCUT2D eigenvalue weighted by atomic mass is 19.1. The summed E-state index contributed by atoms with van der Waals surface area (Å²) in [7, 11) is 0. The molecule has 2 aliphatic heterocycles. The van der Waals surface area contributed by atoms with E-state index in [2.05, 4.69) is 4.90 Å². The average Bonchev–Trinajstić information content (AvgIpc) is 2.68. The first-order valence-electron chi connectivity index (χ1n) is 8.58. The van der Waals surface area contributed by atoms with Crippen LogP contribution >= 0.6 is 0 Å². The largest absolute Gasteiger partial charge is 0.381 e. The zero-order chi connectivity index (χ0) is 17.2. The molecule has 6 heteroatoms. The lowest BCUT2D eigenvalue weighted by Crippen LogP contribution is -2.58. The normalized spacial score (nSPS) is 22.0. The van der Waals surface area contributed by atoms with Crippen molar-refractivity contribution in [3.63, 3.8) is 0 Å². The lowest BCUT2D eigenvalue weighted by Gasteiger charge is -2.46. The van der Waals surface area contributed by atoms with E-state index in [1.807, 2.05) is 11.8 Å². The van der Waals surface area contributed by atoms with Gasteiger partial charge in [0.1, 0.15) is 11.6 Å². The summed E-state index contributed by atoms with van der Waals surface area (Å²) < 4.78 is 32.6. The molecule has 0 bridgehead atoms. The fourth-order valence-electron chi connectivity index (χ4n) is 3.95. The predicted molar refractivity (Wildman–Crippen MR) is 86.4 cm³/mol. The van der Waals surface area contributed by atoms with Gasteiger partial charge in [0, 0.05) is 57.4 Å². The highest BCUT2D eigenvalue weighted by molar-refractivity contribution is 5.77. The Balaban J connectivity index is 1.82. The summed E-state index contributed by atoms with van der Waals surface area (Å²) in [5, 5.41) is 0. The van der Waals surface area contributed by atoms with Gasteiger partial charge >= 0.3 is 0 Å². The summed E-state index contributed by atoms with van der Waals surface area (Å²) in [6.45, 7) is 5.65. The molecule has 2 fully saturated rings. The van der Waals surface area contributed by atoms with E-state index in [4.69, 9.17) is 4.74 Å². The molecule has 0 atom stereocenters. The van der Waals surface area contributed by atoms with E-state index in [0.29, 0.717) is 51.4 Å². The smallest absolute Gasteiger partial charge is 0.224 e. The van der Waals surface area contributed by atoms with E-state index in [1.54, 1.807) is 0 Å². The highest BCUT2D eigenvalue weighted by Gasteiger charge is 2.43. The Morgan fingerprint density at radius 3 is 2.67 bits per heavy atom.